The number of carbonyl (C=O) groups is 1. The molecule has 1 aromatic carbocycles. The van der Waals surface area contributed by atoms with Crippen molar-refractivity contribution in [1.82, 2.24) is 10.6 Å². The van der Waals surface area contributed by atoms with E-state index < -0.39 is 0 Å². The molecule has 1 unspecified atom stereocenters. The monoisotopic (exact) mass is 354 g/mol. The first-order chi connectivity index (χ1) is 12.1. The average Bonchev–Trinajstić information content (AvgIpc) is 3.16. The number of nitrogens with zero attached hydrogens (tertiary/aromatic N) is 1. The van der Waals surface area contributed by atoms with Crippen molar-refractivity contribution in [2.75, 3.05) is 25.5 Å². The second kappa shape index (κ2) is 9.50. The van der Waals surface area contributed by atoms with Gasteiger partial charge in [0.1, 0.15) is 0 Å². The van der Waals surface area contributed by atoms with E-state index in [0.29, 0.717) is 17.6 Å². The van der Waals surface area contributed by atoms with Gasteiger partial charge in [-0.2, -0.15) is 11.3 Å². The molecule has 0 saturated carbocycles. The van der Waals surface area contributed by atoms with Crippen molar-refractivity contribution in [2.24, 2.45) is 4.99 Å². The van der Waals surface area contributed by atoms with Gasteiger partial charge in [0.2, 0.25) is 5.91 Å². The van der Waals surface area contributed by atoms with Crippen molar-refractivity contribution < 1.29 is 4.79 Å². The van der Waals surface area contributed by atoms with Gasteiger partial charge < -0.3 is 16.0 Å². The molecule has 0 saturated heterocycles. The van der Waals surface area contributed by atoms with E-state index >= 15 is 0 Å². The summed E-state index contributed by atoms with van der Waals surface area (Å²) in [4.78, 5) is 16.2. The highest BCUT2D eigenvalue weighted by molar-refractivity contribution is 7.07. The fraction of sp³-hybridized carbons (Fsp3) is 0.263. The van der Waals surface area contributed by atoms with E-state index in [9.17, 15) is 4.79 Å². The van der Waals surface area contributed by atoms with Crippen LogP contribution in [0.5, 0.6) is 0 Å². The van der Waals surface area contributed by atoms with Crippen LogP contribution in [0.1, 0.15) is 24.0 Å². The van der Waals surface area contributed by atoms with Crippen molar-refractivity contribution in [3.8, 4) is 12.3 Å². The standard InChI is InChI=1S/C19H22N4OS/c1-4-15-6-5-7-17(10-15)23-18(24)12-22-19(20-3)21-11-14(2)16-8-9-25-13-16/h1,5-10,13-14H,11-12H2,2-3H3,(H,23,24)(H2,20,21,22). The van der Waals surface area contributed by atoms with Crippen LogP contribution >= 0.6 is 11.3 Å². The summed E-state index contributed by atoms with van der Waals surface area (Å²) in [7, 11) is 1.68. The Morgan fingerprint density at radius 3 is 2.88 bits per heavy atom. The molecule has 0 aliphatic heterocycles. The van der Waals surface area contributed by atoms with Crippen LogP contribution in [0.25, 0.3) is 0 Å². The van der Waals surface area contributed by atoms with Crippen molar-refractivity contribution >= 4 is 28.9 Å². The maximum Gasteiger partial charge on any atom is 0.243 e. The number of terminal acetylenes is 1. The van der Waals surface area contributed by atoms with Crippen LogP contribution in [-0.4, -0.2) is 32.0 Å². The number of carbonyl (C=O) groups excluding carboxylic acids is 1. The van der Waals surface area contributed by atoms with Gasteiger partial charge in [-0.15, -0.1) is 6.42 Å². The molecule has 0 spiro atoms. The fourth-order valence-corrected chi connectivity index (χ4v) is 2.98. The van der Waals surface area contributed by atoms with E-state index in [1.165, 1.54) is 5.56 Å². The van der Waals surface area contributed by atoms with Gasteiger partial charge in [-0.1, -0.05) is 18.9 Å². The SMILES string of the molecule is C#Cc1cccc(NC(=O)CNC(=NC)NCC(C)c2ccsc2)c1. The molecular weight excluding hydrogens is 332 g/mol. The van der Waals surface area contributed by atoms with Gasteiger partial charge in [-0.3, -0.25) is 9.79 Å². The lowest BCUT2D eigenvalue weighted by Gasteiger charge is -2.15. The summed E-state index contributed by atoms with van der Waals surface area (Å²) in [5.41, 5.74) is 2.70. The molecule has 6 heteroatoms. The molecule has 1 aromatic heterocycles. The van der Waals surface area contributed by atoms with Gasteiger partial charge in [0, 0.05) is 24.8 Å². The maximum absolute atomic E-state index is 12.1. The third-order valence-electron chi connectivity index (χ3n) is 3.64. The highest BCUT2D eigenvalue weighted by Crippen LogP contribution is 2.16. The van der Waals surface area contributed by atoms with Crippen LogP contribution < -0.4 is 16.0 Å². The number of benzene rings is 1. The largest absolute Gasteiger partial charge is 0.356 e. The fourth-order valence-electron chi connectivity index (χ4n) is 2.20. The first kappa shape index (κ1) is 18.6. The Hall–Kier alpha value is -2.78. The van der Waals surface area contributed by atoms with Crippen LogP contribution in [0.15, 0.2) is 46.1 Å². The minimum absolute atomic E-state index is 0.118. The molecule has 2 aromatic rings. The van der Waals surface area contributed by atoms with Crippen LogP contribution in [0.2, 0.25) is 0 Å². The number of amides is 1. The van der Waals surface area contributed by atoms with E-state index in [2.05, 4.69) is 50.6 Å². The van der Waals surface area contributed by atoms with Gasteiger partial charge in [0.25, 0.3) is 0 Å². The molecule has 5 nitrogen and oxygen atoms in total. The Morgan fingerprint density at radius 2 is 2.20 bits per heavy atom. The molecule has 1 heterocycles. The maximum atomic E-state index is 12.1. The summed E-state index contributed by atoms with van der Waals surface area (Å²) in [6, 6.07) is 9.30. The predicted molar refractivity (Wildman–Crippen MR) is 105 cm³/mol. The molecule has 3 N–H and O–H groups in total. The van der Waals surface area contributed by atoms with Gasteiger partial charge >= 0.3 is 0 Å². The smallest absolute Gasteiger partial charge is 0.243 e. The van der Waals surface area contributed by atoms with Crippen molar-refractivity contribution in [1.29, 1.82) is 0 Å². The lowest BCUT2D eigenvalue weighted by atomic mass is 10.1. The number of guanidine groups is 1. The molecule has 1 atom stereocenters. The number of thiophene rings is 1. The van der Waals surface area contributed by atoms with Crippen LogP contribution in [0.4, 0.5) is 5.69 Å². The Balaban J connectivity index is 1.78. The van der Waals surface area contributed by atoms with Crippen LogP contribution in [0, 0.1) is 12.3 Å². The zero-order valence-corrected chi connectivity index (χ0v) is 15.2. The number of hydrogen-bond acceptors (Lipinski definition) is 3. The molecule has 2 rings (SSSR count). The lowest BCUT2D eigenvalue weighted by Crippen LogP contribution is -2.42. The molecule has 0 fully saturated rings. The zero-order valence-electron chi connectivity index (χ0n) is 14.4. The van der Waals surface area contributed by atoms with Crippen molar-refractivity contribution in [3.63, 3.8) is 0 Å². The number of anilines is 1. The quantitative estimate of drug-likeness (QED) is 0.424. The Bertz CT molecular complexity index is 762. The Kier molecular flexibility index (Phi) is 7.05. The molecule has 0 aliphatic rings. The first-order valence-corrected chi connectivity index (χ1v) is 8.89. The summed E-state index contributed by atoms with van der Waals surface area (Å²) >= 11 is 1.69. The highest BCUT2D eigenvalue weighted by Gasteiger charge is 2.08. The van der Waals surface area contributed by atoms with Crippen molar-refractivity contribution in [3.05, 3.63) is 52.2 Å². The second-order valence-electron chi connectivity index (χ2n) is 5.54. The van der Waals surface area contributed by atoms with E-state index in [1.807, 2.05) is 12.1 Å². The summed E-state index contributed by atoms with van der Waals surface area (Å²) < 4.78 is 0. The highest BCUT2D eigenvalue weighted by atomic mass is 32.1. The normalized spacial score (nSPS) is 12.1. The van der Waals surface area contributed by atoms with E-state index in [-0.39, 0.29) is 12.5 Å². The summed E-state index contributed by atoms with van der Waals surface area (Å²) in [6.07, 6.45) is 5.36. The second-order valence-corrected chi connectivity index (χ2v) is 6.32. The number of aliphatic imine (C=N–C) groups is 1. The predicted octanol–water partition coefficient (Wildman–Crippen LogP) is 2.64. The molecule has 0 aliphatic carbocycles. The van der Waals surface area contributed by atoms with Gasteiger partial charge in [-0.05, 0) is 46.5 Å². The third kappa shape index (κ3) is 5.98. The summed E-state index contributed by atoms with van der Waals surface area (Å²) in [5, 5.41) is 13.3. The number of nitrogens with one attached hydrogen (secondary N) is 3. The zero-order chi connectivity index (χ0) is 18.1. The van der Waals surface area contributed by atoms with E-state index in [1.54, 1.807) is 30.5 Å². The first-order valence-electron chi connectivity index (χ1n) is 7.95. The summed E-state index contributed by atoms with van der Waals surface area (Å²) in [5.74, 6) is 3.34. The molecule has 0 bridgehead atoms. The van der Waals surface area contributed by atoms with Gasteiger partial charge in [0.15, 0.2) is 5.96 Å². The van der Waals surface area contributed by atoms with Crippen LogP contribution in [0.3, 0.4) is 0 Å². The minimum Gasteiger partial charge on any atom is -0.356 e. The van der Waals surface area contributed by atoms with Crippen LogP contribution in [-0.2, 0) is 4.79 Å². The molecule has 1 amide bonds. The van der Waals surface area contributed by atoms with Gasteiger partial charge in [0.05, 0.1) is 6.54 Å². The van der Waals surface area contributed by atoms with Crippen molar-refractivity contribution in [2.45, 2.75) is 12.8 Å². The molecule has 130 valence electrons. The Labute approximate surface area is 152 Å². The molecule has 0 radical (unpaired) electrons. The minimum atomic E-state index is -0.164. The Morgan fingerprint density at radius 1 is 1.36 bits per heavy atom. The van der Waals surface area contributed by atoms with Gasteiger partial charge in [-0.25, -0.2) is 0 Å². The van der Waals surface area contributed by atoms with E-state index in [0.717, 1.165) is 12.1 Å². The average molecular weight is 354 g/mol. The number of rotatable bonds is 6. The summed E-state index contributed by atoms with van der Waals surface area (Å²) in [6.45, 7) is 3.00. The van der Waals surface area contributed by atoms with E-state index in [4.69, 9.17) is 6.42 Å². The topological polar surface area (TPSA) is 65.5 Å². The molecular formula is C19H22N4OS. The third-order valence-corrected chi connectivity index (χ3v) is 4.34. The lowest BCUT2D eigenvalue weighted by molar-refractivity contribution is -0.115. The number of hydrogen-bond donors (Lipinski definition) is 3. The molecule has 25 heavy (non-hydrogen) atoms.